The van der Waals surface area contributed by atoms with Crippen LogP contribution in [0.5, 0.6) is 0 Å². The second-order valence-corrected chi connectivity index (χ2v) is 5.86. The van der Waals surface area contributed by atoms with Crippen molar-refractivity contribution >= 4 is 11.7 Å². The first-order chi connectivity index (χ1) is 9.15. The molecule has 4 heteroatoms. The van der Waals surface area contributed by atoms with Crippen LogP contribution >= 0.6 is 0 Å². The van der Waals surface area contributed by atoms with Crippen LogP contribution in [0.4, 0.5) is 5.82 Å². The average Bonchev–Trinajstić information content (AvgIpc) is 2.85. The summed E-state index contributed by atoms with van der Waals surface area (Å²) in [5, 5.41) is 7.62. The van der Waals surface area contributed by atoms with Crippen molar-refractivity contribution in [1.29, 1.82) is 5.41 Å². The molecule has 0 spiro atoms. The number of rotatable bonds is 2. The fraction of sp³-hybridized carbons (Fsp3) is 0.600. The number of pyridine rings is 1. The van der Waals surface area contributed by atoms with Crippen LogP contribution < -0.4 is 10.6 Å². The summed E-state index contributed by atoms with van der Waals surface area (Å²) in [5.74, 6) is 1.99. The first kappa shape index (κ1) is 12.5. The zero-order chi connectivity index (χ0) is 13.4. The van der Waals surface area contributed by atoms with E-state index in [0.717, 1.165) is 29.5 Å². The van der Waals surface area contributed by atoms with Gasteiger partial charge in [0.25, 0.3) is 0 Å². The fourth-order valence-electron chi connectivity index (χ4n) is 3.69. The van der Waals surface area contributed by atoms with Crippen molar-refractivity contribution in [1.82, 2.24) is 4.98 Å². The van der Waals surface area contributed by atoms with E-state index >= 15 is 0 Å². The van der Waals surface area contributed by atoms with E-state index in [-0.39, 0.29) is 5.84 Å². The second kappa shape index (κ2) is 4.83. The summed E-state index contributed by atoms with van der Waals surface area (Å²) in [5.41, 5.74) is 7.37. The maximum atomic E-state index is 7.62. The molecule has 102 valence electrons. The van der Waals surface area contributed by atoms with Crippen LogP contribution in [-0.4, -0.2) is 23.4 Å². The molecule has 19 heavy (non-hydrogen) atoms. The van der Waals surface area contributed by atoms with Crippen LogP contribution in [0.25, 0.3) is 0 Å². The van der Waals surface area contributed by atoms with Gasteiger partial charge in [-0.25, -0.2) is 4.98 Å². The van der Waals surface area contributed by atoms with E-state index in [1.54, 1.807) is 0 Å². The highest BCUT2D eigenvalue weighted by Gasteiger charge is 2.35. The summed E-state index contributed by atoms with van der Waals surface area (Å²) in [6.45, 7) is 3.07. The summed E-state index contributed by atoms with van der Waals surface area (Å²) < 4.78 is 0. The van der Waals surface area contributed by atoms with E-state index in [4.69, 9.17) is 11.1 Å². The van der Waals surface area contributed by atoms with Gasteiger partial charge in [0.1, 0.15) is 11.7 Å². The number of anilines is 1. The Balaban J connectivity index is 1.94. The van der Waals surface area contributed by atoms with Crippen molar-refractivity contribution in [3.05, 3.63) is 23.4 Å². The normalized spacial score (nSPS) is 26.3. The van der Waals surface area contributed by atoms with Crippen molar-refractivity contribution in [2.75, 3.05) is 11.4 Å². The molecule has 1 aliphatic carbocycles. The minimum absolute atomic E-state index is 0.131. The Morgan fingerprint density at radius 3 is 2.89 bits per heavy atom. The summed E-state index contributed by atoms with van der Waals surface area (Å²) in [4.78, 5) is 7.13. The Morgan fingerprint density at radius 2 is 2.11 bits per heavy atom. The molecule has 3 rings (SSSR count). The SMILES string of the molecule is Cc1cc(C(=N)N)cc(N2CCCC3CCCC32)n1. The number of nitrogens with two attached hydrogens (primary N) is 1. The molecule has 2 heterocycles. The van der Waals surface area contributed by atoms with Crippen molar-refractivity contribution in [2.24, 2.45) is 11.7 Å². The third-order valence-corrected chi connectivity index (χ3v) is 4.54. The molecule has 2 fully saturated rings. The monoisotopic (exact) mass is 258 g/mol. The molecule has 2 atom stereocenters. The molecule has 1 aliphatic heterocycles. The van der Waals surface area contributed by atoms with Gasteiger partial charge in [-0.05, 0) is 50.7 Å². The molecular weight excluding hydrogens is 236 g/mol. The summed E-state index contributed by atoms with van der Waals surface area (Å²) in [6, 6.07) is 4.53. The van der Waals surface area contributed by atoms with E-state index in [1.165, 1.54) is 32.1 Å². The Kier molecular flexibility index (Phi) is 3.17. The number of hydrogen-bond donors (Lipinski definition) is 2. The van der Waals surface area contributed by atoms with Crippen LogP contribution in [0.15, 0.2) is 12.1 Å². The first-order valence-electron chi connectivity index (χ1n) is 7.25. The van der Waals surface area contributed by atoms with Crippen LogP contribution in [-0.2, 0) is 0 Å². The third-order valence-electron chi connectivity index (χ3n) is 4.54. The summed E-state index contributed by atoms with van der Waals surface area (Å²) in [6.07, 6.45) is 6.62. The summed E-state index contributed by atoms with van der Waals surface area (Å²) in [7, 11) is 0. The quantitative estimate of drug-likeness (QED) is 0.632. The molecule has 1 aromatic rings. The van der Waals surface area contributed by atoms with Crippen LogP contribution in [0, 0.1) is 18.3 Å². The number of hydrogen-bond acceptors (Lipinski definition) is 3. The van der Waals surface area contributed by atoms with Crippen molar-refractivity contribution < 1.29 is 0 Å². The molecule has 2 unspecified atom stereocenters. The second-order valence-electron chi connectivity index (χ2n) is 5.86. The molecule has 0 bridgehead atoms. The molecule has 1 saturated heterocycles. The highest BCUT2D eigenvalue weighted by atomic mass is 15.2. The van der Waals surface area contributed by atoms with Gasteiger partial charge < -0.3 is 10.6 Å². The molecule has 0 aromatic carbocycles. The fourth-order valence-corrected chi connectivity index (χ4v) is 3.69. The largest absolute Gasteiger partial charge is 0.384 e. The maximum Gasteiger partial charge on any atom is 0.129 e. The minimum Gasteiger partial charge on any atom is -0.384 e. The van der Waals surface area contributed by atoms with Crippen LogP contribution in [0.3, 0.4) is 0 Å². The number of fused-ring (bicyclic) bond motifs is 1. The highest BCUT2D eigenvalue weighted by Crippen LogP contribution is 2.38. The number of nitrogens with zero attached hydrogens (tertiary/aromatic N) is 2. The molecule has 0 amide bonds. The van der Waals surface area contributed by atoms with Crippen molar-refractivity contribution in [3.63, 3.8) is 0 Å². The van der Waals surface area contributed by atoms with Gasteiger partial charge >= 0.3 is 0 Å². The smallest absolute Gasteiger partial charge is 0.129 e. The maximum absolute atomic E-state index is 7.62. The Bertz CT molecular complexity index is 497. The van der Waals surface area contributed by atoms with Gasteiger partial charge in [-0.3, -0.25) is 5.41 Å². The average molecular weight is 258 g/mol. The first-order valence-corrected chi connectivity index (χ1v) is 7.25. The van der Waals surface area contributed by atoms with Gasteiger partial charge in [0.2, 0.25) is 0 Å². The lowest BCUT2D eigenvalue weighted by atomic mass is 9.92. The van der Waals surface area contributed by atoms with Crippen molar-refractivity contribution in [2.45, 2.75) is 45.1 Å². The summed E-state index contributed by atoms with van der Waals surface area (Å²) >= 11 is 0. The Hall–Kier alpha value is -1.58. The van der Waals surface area contributed by atoms with E-state index in [2.05, 4.69) is 9.88 Å². The number of nitrogen functional groups attached to an aromatic ring is 1. The lowest BCUT2D eigenvalue weighted by Crippen LogP contribution is -2.43. The highest BCUT2D eigenvalue weighted by molar-refractivity contribution is 5.95. The van der Waals surface area contributed by atoms with Gasteiger partial charge in [0.05, 0.1) is 0 Å². The number of amidine groups is 1. The van der Waals surface area contributed by atoms with Crippen LogP contribution in [0.1, 0.15) is 43.4 Å². The van der Waals surface area contributed by atoms with Gasteiger partial charge in [-0.15, -0.1) is 0 Å². The number of piperidine rings is 1. The molecule has 1 aromatic heterocycles. The Labute approximate surface area is 114 Å². The Morgan fingerprint density at radius 1 is 1.32 bits per heavy atom. The molecule has 4 nitrogen and oxygen atoms in total. The van der Waals surface area contributed by atoms with Gasteiger partial charge in [0, 0.05) is 23.8 Å². The topological polar surface area (TPSA) is 66.0 Å². The predicted octanol–water partition coefficient (Wildman–Crippen LogP) is 2.44. The van der Waals surface area contributed by atoms with Gasteiger partial charge in [-0.2, -0.15) is 0 Å². The molecular formula is C15H22N4. The molecule has 3 N–H and O–H groups in total. The van der Waals surface area contributed by atoms with E-state index in [9.17, 15) is 0 Å². The number of nitrogens with one attached hydrogen (secondary N) is 1. The van der Waals surface area contributed by atoms with E-state index in [1.807, 2.05) is 19.1 Å². The lowest BCUT2D eigenvalue weighted by molar-refractivity contribution is 0.360. The van der Waals surface area contributed by atoms with E-state index < -0.39 is 0 Å². The molecule has 2 aliphatic rings. The van der Waals surface area contributed by atoms with Crippen LogP contribution in [0.2, 0.25) is 0 Å². The van der Waals surface area contributed by atoms with Gasteiger partial charge in [-0.1, -0.05) is 6.42 Å². The van der Waals surface area contributed by atoms with Gasteiger partial charge in [0.15, 0.2) is 0 Å². The number of aryl methyl sites for hydroxylation is 1. The molecule has 0 radical (unpaired) electrons. The standard InChI is InChI=1S/C15H22N4/c1-10-8-12(15(16)17)9-14(18-10)19-7-3-5-11-4-2-6-13(11)19/h8-9,11,13H,2-7H2,1H3,(H3,16,17). The zero-order valence-electron chi connectivity index (χ0n) is 11.5. The minimum atomic E-state index is 0.131. The zero-order valence-corrected chi connectivity index (χ0v) is 11.5. The molecule has 1 saturated carbocycles. The van der Waals surface area contributed by atoms with E-state index in [0.29, 0.717) is 6.04 Å². The number of aromatic nitrogens is 1. The third kappa shape index (κ3) is 2.31. The van der Waals surface area contributed by atoms with Crippen molar-refractivity contribution in [3.8, 4) is 0 Å². The predicted molar refractivity (Wildman–Crippen MR) is 77.7 cm³/mol. The lowest BCUT2D eigenvalue weighted by Gasteiger charge is -2.39.